The maximum absolute atomic E-state index is 4.22. The highest BCUT2D eigenvalue weighted by Crippen LogP contribution is 2.28. The van der Waals surface area contributed by atoms with Crippen LogP contribution in [0, 0.1) is 5.92 Å². The van der Waals surface area contributed by atoms with E-state index >= 15 is 0 Å². The summed E-state index contributed by atoms with van der Waals surface area (Å²) in [5, 5.41) is 6.76. The average Bonchev–Trinajstić information content (AvgIpc) is 2.92. The van der Waals surface area contributed by atoms with E-state index in [0.717, 1.165) is 25.0 Å². The van der Waals surface area contributed by atoms with E-state index in [0.29, 0.717) is 12.1 Å². The van der Waals surface area contributed by atoms with Crippen LogP contribution in [-0.4, -0.2) is 50.1 Å². The van der Waals surface area contributed by atoms with Crippen LogP contribution in [0.5, 0.6) is 0 Å². The number of likely N-dealkylation sites (N-methyl/N-ethyl adjacent to an activating group) is 1. The molecule has 1 fully saturated rings. The van der Waals surface area contributed by atoms with Gasteiger partial charge in [0, 0.05) is 32.2 Å². The highest BCUT2D eigenvalue weighted by molar-refractivity contribution is 14.0. The van der Waals surface area contributed by atoms with E-state index in [1.165, 1.54) is 6.42 Å². The van der Waals surface area contributed by atoms with E-state index < -0.39 is 0 Å². The SMILES string of the molecule is CN=C(NCCN(C)C(C)C)NC1CC1C.I. The summed E-state index contributed by atoms with van der Waals surface area (Å²) in [6, 6.07) is 1.23. The van der Waals surface area contributed by atoms with E-state index in [-0.39, 0.29) is 24.0 Å². The topological polar surface area (TPSA) is 39.7 Å². The minimum absolute atomic E-state index is 0. The van der Waals surface area contributed by atoms with Crippen molar-refractivity contribution < 1.29 is 0 Å². The Hall–Kier alpha value is -0.0400. The monoisotopic (exact) mass is 354 g/mol. The van der Waals surface area contributed by atoms with Crippen LogP contribution in [0.15, 0.2) is 4.99 Å². The van der Waals surface area contributed by atoms with Crippen LogP contribution in [-0.2, 0) is 0 Å². The Balaban J connectivity index is 0.00000256. The molecular formula is C12H27IN4. The predicted octanol–water partition coefficient (Wildman–Crippen LogP) is 1.52. The summed E-state index contributed by atoms with van der Waals surface area (Å²) in [4.78, 5) is 6.54. The van der Waals surface area contributed by atoms with Gasteiger partial charge in [-0.05, 0) is 33.2 Å². The molecule has 0 spiro atoms. The van der Waals surface area contributed by atoms with Gasteiger partial charge in [0.1, 0.15) is 0 Å². The second kappa shape index (κ2) is 8.13. The summed E-state index contributed by atoms with van der Waals surface area (Å²) in [5.74, 6) is 1.74. The molecule has 17 heavy (non-hydrogen) atoms. The fourth-order valence-corrected chi connectivity index (χ4v) is 1.50. The van der Waals surface area contributed by atoms with Crippen molar-refractivity contribution in [3.05, 3.63) is 0 Å². The zero-order valence-corrected chi connectivity index (χ0v) is 14.0. The van der Waals surface area contributed by atoms with Crippen molar-refractivity contribution in [1.29, 1.82) is 0 Å². The van der Waals surface area contributed by atoms with Crippen molar-refractivity contribution >= 4 is 29.9 Å². The van der Waals surface area contributed by atoms with Gasteiger partial charge in [-0.2, -0.15) is 0 Å². The van der Waals surface area contributed by atoms with Crippen molar-refractivity contribution in [1.82, 2.24) is 15.5 Å². The van der Waals surface area contributed by atoms with Crippen LogP contribution >= 0.6 is 24.0 Å². The predicted molar refractivity (Wildman–Crippen MR) is 85.2 cm³/mol. The number of aliphatic imine (C=N–C) groups is 1. The molecule has 1 aliphatic carbocycles. The molecule has 0 heterocycles. The molecule has 4 nitrogen and oxygen atoms in total. The number of hydrogen-bond donors (Lipinski definition) is 2. The van der Waals surface area contributed by atoms with Crippen molar-refractivity contribution in [2.75, 3.05) is 27.2 Å². The van der Waals surface area contributed by atoms with Crippen molar-refractivity contribution in [3.8, 4) is 0 Å². The molecule has 2 unspecified atom stereocenters. The first-order chi connectivity index (χ1) is 7.54. The summed E-state index contributed by atoms with van der Waals surface area (Å²) in [7, 11) is 3.97. The fraction of sp³-hybridized carbons (Fsp3) is 0.917. The van der Waals surface area contributed by atoms with Crippen molar-refractivity contribution in [2.24, 2.45) is 10.9 Å². The molecule has 0 radical (unpaired) electrons. The normalized spacial score (nSPS) is 23.6. The third-order valence-electron chi connectivity index (χ3n) is 3.29. The molecule has 1 saturated carbocycles. The third kappa shape index (κ3) is 6.45. The molecule has 0 saturated heterocycles. The van der Waals surface area contributed by atoms with Gasteiger partial charge in [-0.1, -0.05) is 6.92 Å². The van der Waals surface area contributed by atoms with Crippen molar-refractivity contribution in [2.45, 2.75) is 39.3 Å². The number of halogens is 1. The molecule has 0 aromatic heterocycles. The maximum Gasteiger partial charge on any atom is 0.191 e. The van der Waals surface area contributed by atoms with Gasteiger partial charge in [-0.25, -0.2) is 0 Å². The second-order valence-corrected chi connectivity index (χ2v) is 5.04. The molecule has 1 aliphatic rings. The molecule has 0 amide bonds. The second-order valence-electron chi connectivity index (χ2n) is 5.04. The van der Waals surface area contributed by atoms with E-state index in [4.69, 9.17) is 0 Å². The lowest BCUT2D eigenvalue weighted by Gasteiger charge is -2.21. The zero-order chi connectivity index (χ0) is 12.1. The molecule has 0 bridgehead atoms. The summed E-state index contributed by atoms with van der Waals surface area (Å²) in [5.41, 5.74) is 0. The summed E-state index contributed by atoms with van der Waals surface area (Å²) in [6.45, 7) is 8.66. The molecule has 5 heteroatoms. The van der Waals surface area contributed by atoms with Crippen LogP contribution < -0.4 is 10.6 Å². The Bertz CT molecular complexity index is 243. The first-order valence-electron chi connectivity index (χ1n) is 6.22. The summed E-state index contributed by atoms with van der Waals surface area (Å²) < 4.78 is 0. The standard InChI is InChI=1S/C12H26N4.HI/c1-9(2)16(5)7-6-14-12(13-4)15-11-8-10(11)3;/h9-11H,6-8H2,1-5H3,(H2,13,14,15);1H. The zero-order valence-electron chi connectivity index (χ0n) is 11.7. The van der Waals surface area contributed by atoms with Crippen LogP contribution in [0.3, 0.4) is 0 Å². The van der Waals surface area contributed by atoms with E-state index in [1.54, 1.807) is 0 Å². The average molecular weight is 354 g/mol. The Kier molecular flexibility index (Phi) is 8.11. The van der Waals surface area contributed by atoms with Gasteiger partial charge in [-0.3, -0.25) is 4.99 Å². The maximum atomic E-state index is 4.22. The summed E-state index contributed by atoms with van der Waals surface area (Å²) >= 11 is 0. The smallest absolute Gasteiger partial charge is 0.191 e. The van der Waals surface area contributed by atoms with Crippen LogP contribution in [0.25, 0.3) is 0 Å². The first kappa shape index (κ1) is 17.0. The minimum Gasteiger partial charge on any atom is -0.355 e. The van der Waals surface area contributed by atoms with Gasteiger partial charge in [-0.15, -0.1) is 24.0 Å². The third-order valence-corrected chi connectivity index (χ3v) is 3.29. The van der Waals surface area contributed by atoms with Gasteiger partial charge >= 0.3 is 0 Å². The number of nitrogens with one attached hydrogen (secondary N) is 2. The molecule has 102 valence electrons. The largest absolute Gasteiger partial charge is 0.355 e. The number of guanidine groups is 1. The lowest BCUT2D eigenvalue weighted by Crippen LogP contribution is -2.43. The minimum atomic E-state index is 0. The van der Waals surface area contributed by atoms with E-state index in [1.807, 2.05) is 7.05 Å². The molecule has 0 aliphatic heterocycles. The van der Waals surface area contributed by atoms with E-state index in [2.05, 4.69) is 48.3 Å². The van der Waals surface area contributed by atoms with Gasteiger partial charge in [0.2, 0.25) is 0 Å². The Labute approximate surface area is 123 Å². The number of hydrogen-bond acceptors (Lipinski definition) is 2. The van der Waals surface area contributed by atoms with Gasteiger partial charge in [0.25, 0.3) is 0 Å². The lowest BCUT2D eigenvalue weighted by atomic mass is 10.3. The number of nitrogens with zero attached hydrogens (tertiary/aromatic N) is 2. The molecule has 2 N–H and O–H groups in total. The van der Waals surface area contributed by atoms with Crippen LogP contribution in [0.2, 0.25) is 0 Å². The highest BCUT2D eigenvalue weighted by atomic mass is 127. The van der Waals surface area contributed by atoms with Gasteiger partial charge in [0.15, 0.2) is 5.96 Å². The highest BCUT2D eigenvalue weighted by Gasteiger charge is 2.33. The molecular weight excluding hydrogens is 327 g/mol. The fourth-order valence-electron chi connectivity index (χ4n) is 1.50. The molecule has 0 aromatic carbocycles. The first-order valence-corrected chi connectivity index (χ1v) is 6.22. The van der Waals surface area contributed by atoms with E-state index in [9.17, 15) is 0 Å². The lowest BCUT2D eigenvalue weighted by molar-refractivity contribution is 0.278. The molecule has 0 aromatic rings. The van der Waals surface area contributed by atoms with Gasteiger partial charge < -0.3 is 15.5 Å². The Morgan fingerprint density at radius 3 is 2.47 bits per heavy atom. The summed E-state index contributed by atoms with van der Waals surface area (Å²) in [6.07, 6.45) is 1.27. The van der Waals surface area contributed by atoms with Crippen LogP contribution in [0.1, 0.15) is 27.2 Å². The van der Waals surface area contributed by atoms with Crippen molar-refractivity contribution in [3.63, 3.8) is 0 Å². The Morgan fingerprint density at radius 2 is 2.06 bits per heavy atom. The molecule has 2 atom stereocenters. The quantitative estimate of drug-likeness (QED) is 0.447. The van der Waals surface area contributed by atoms with Crippen LogP contribution in [0.4, 0.5) is 0 Å². The number of rotatable bonds is 5. The molecule has 1 rings (SSSR count). The van der Waals surface area contributed by atoms with Gasteiger partial charge in [0.05, 0.1) is 0 Å². The Morgan fingerprint density at radius 1 is 1.47 bits per heavy atom.